The first-order valence-corrected chi connectivity index (χ1v) is 6.01. The van der Waals surface area contributed by atoms with E-state index in [9.17, 15) is 4.79 Å². The van der Waals surface area contributed by atoms with Crippen LogP contribution < -0.4 is 5.73 Å². The van der Waals surface area contributed by atoms with Crippen molar-refractivity contribution in [2.45, 2.75) is 13.0 Å². The Morgan fingerprint density at radius 3 is 2.63 bits per heavy atom. The van der Waals surface area contributed by atoms with E-state index in [0.29, 0.717) is 0 Å². The second-order valence-corrected chi connectivity index (χ2v) is 4.49. The summed E-state index contributed by atoms with van der Waals surface area (Å²) in [4.78, 5) is 16.7. The average Bonchev–Trinajstić information content (AvgIpc) is 2.91. The van der Waals surface area contributed by atoms with E-state index in [1.807, 2.05) is 43.1 Å². The number of carbonyl (C=O) groups excluding carboxylic acids is 1. The third-order valence-corrected chi connectivity index (χ3v) is 3.13. The van der Waals surface area contributed by atoms with E-state index in [1.54, 1.807) is 11.0 Å². The highest BCUT2D eigenvalue weighted by atomic mass is 16.1. The molecule has 6 heteroatoms. The minimum atomic E-state index is -0.325. The molecule has 1 aromatic carbocycles. The minimum Gasteiger partial charge on any atom is -0.369 e. The molecular formula is C13H17N5O. The van der Waals surface area contributed by atoms with Crippen LogP contribution in [-0.4, -0.2) is 39.2 Å². The summed E-state index contributed by atoms with van der Waals surface area (Å²) < 4.78 is 1.70. The Morgan fingerprint density at radius 2 is 2.11 bits per heavy atom. The zero-order chi connectivity index (χ0) is 13.8. The van der Waals surface area contributed by atoms with E-state index >= 15 is 0 Å². The van der Waals surface area contributed by atoms with Crippen LogP contribution in [0.1, 0.15) is 18.5 Å². The number of carbonyl (C=O) groups is 1. The Hall–Kier alpha value is -2.21. The lowest BCUT2D eigenvalue weighted by Crippen LogP contribution is -2.32. The number of primary amides is 1. The second-order valence-electron chi connectivity index (χ2n) is 4.49. The Bertz CT molecular complexity index is 535. The summed E-state index contributed by atoms with van der Waals surface area (Å²) in [5.74, 6) is -0.325. The minimum absolute atomic E-state index is 0.122. The van der Waals surface area contributed by atoms with Crippen LogP contribution in [0, 0.1) is 0 Å². The lowest BCUT2D eigenvalue weighted by atomic mass is 10.1. The van der Waals surface area contributed by atoms with Crippen LogP contribution in [0.25, 0.3) is 5.69 Å². The van der Waals surface area contributed by atoms with Gasteiger partial charge in [0.2, 0.25) is 5.91 Å². The van der Waals surface area contributed by atoms with E-state index in [4.69, 9.17) is 5.73 Å². The molecule has 19 heavy (non-hydrogen) atoms. The Morgan fingerprint density at radius 1 is 1.42 bits per heavy atom. The van der Waals surface area contributed by atoms with Gasteiger partial charge in [-0.3, -0.25) is 9.69 Å². The molecule has 1 unspecified atom stereocenters. The van der Waals surface area contributed by atoms with Crippen LogP contribution >= 0.6 is 0 Å². The molecule has 1 amide bonds. The van der Waals surface area contributed by atoms with Crippen molar-refractivity contribution in [1.29, 1.82) is 0 Å². The summed E-state index contributed by atoms with van der Waals surface area (Å²) in [5, 5.41) is 4.07. The van der Waals surface area contributed by atoms with Crippen LogP contribution in [0.3, 0.4) is 0 Å². The number of nitrogens with two attached hydrogens (primary N) is 1. The van der Waals surface area contributed by atoms with Crippen LogP contribution in [0.15, 0.2) is 36.9 Å². The third kappa shape index (κ3) is 3.17. The summed E-state index contributed by atoms with van der Waals surface area (Å²) >= 11 is 0. The summed E-state index contributed by atoms with van der Waals surface area (Å²) in [6.45, 7) is 2.28. The van der Waals surface area contributed by atoms with Crippen molar-refractivity contribution in [2.75, 3.05) is 13.6 Å². The van der Waals surface area contributed by atoms with Crippen molar-refractivity contribution in [3.63, 3.8) is 0 Å². The monoisotopic (exact) mass is 259 g/mol. The Balaban J connectivity index is 2.12. The van der Waals surface area contributed by atoms with Crippen LogP contribution in [0.4, 0.5) is 0 Å². The van der Waals surface area contributed by atoms with Gasteiger partial charge in [-0.25, -0.2) is 9.67 Å². The third-order valence-electron chi connectivity index (χ3n) is 3.13. The van der Waals surface area contributed by atoms with E-state index in [2.05, 4.69) is 10.1 Å². The SMILES string of the molecule is CC(c1ccc(-n2cncn2)cc1)N(C)CC(N)=O. The molecule has 0 aliphatic rings. The van der Waals surface area contributed by atoms with Gasteiger partial charge in [0.05, 0.1) is 12.2 Å². The van der Waals surface area contributed by atoms with E-state index in [0.717, 1.165) is 11.3 Å². The summed E-state index contributed by atoms with van der Waals surface area (Å²) in [5.41, 5.74) is 7.27. The number of hydrogen-bond donors (Lipinski definition) is 1. The number of amides is 1. The smallest absolute Gasteiger partial charge is 0.231 e. The Labute approximate surface area is 111 Å². The Kier molecular flexibility index (Phi) is 3.91. The van der Waals surface area contributed by atoms with Crippen LogP contribution in [0.2, 0.25) is 0 Å². The van der Waals surface area contributed by atoms with Gasteiger partial charge < -0.3 is 5.73 Å². The molecule has 0 bridgehead atoms. The zero-order valence-corrected chi connectivity index (χ0v) is 11.0. The maximum Gasteiger partial charge on any atom is 0.231 e. The average molecular weight is 259 g/mol. The van der Waals surface area contributed by atoms with Crippen molar-refractivity contribution in [2.24, 2.45) is 5.73 Å². The fourth-order valence-corrected chi connectivity index (χ4v) is 1.88. The molecule has 2 N–H and O–H groups in total. The molecule has 100 valence electrons. The van der Waals surface area contributed by atoms with E-state index in [1.165, 1.54) is 6.33 Å². The summed E-state index contributed by atoms with van der Waals surface area (Å²) in [7, 11) is 1.88. The van der Waals surface area contributed by atoms with Gasteiger partial charge in [0.25, 0.3) is 0 Å². The van der Waals surface area contributed by atoms with Gasteiger partial charge in [-0.05, 0) is 31.7 Å². The lowest BCUT2D eigenvalue weighted by molar-refractivity contribution is -0.119. The maximum atomic E-state index is 10.9. The predicted octanol–water partition coefficient (Wildman–Crippen LogP) is 0.745. The maximum absolute atomic E-state index is 10.9. The summed E-state index contributed by atoms with van der Waals surface area (Å²) in [6.07, 6.45) is 3.15. The highest BCUT2D eigenvalue weighted by molar-refractivity contribution is 5.75. The quantitative estimate of drug-likeness (QED) is 0.859. The predicted molar refractivity (Wildman–Crippen MR) is 71.6 cm³/mol. The molecular weight excluding hydrogens is 242 g/mol. The number of nitrogens with zero attached hydrogens (tertiary/aromatic N) is 4. The largest absolute Gasteiger partial charge is 0.369 e. The number of hydrogen-bond acceptors (Lipinski definition) is 4. The van der Waals surface area contributed by atoms with Gasteiger partial charge in [-0.2, -0.15) is 5.10 Å². The first kappa shape index (κ1) is 13.2. The number of benzene rings is 1. The molecule has 1 aromatic heterocycles. The topological polar surface area (TPSA) is 77.0 Å². The first-order valence-electron chi connectivity index (χ1n) is 6.01. The molecule has 0 fully saturated rings. The standard InChI is InChI=1S/C13H17N5O/c1-10(17(2)7-13(14)19)11-3-5-12(6-4-11)18-9-15-8-16-18/h3-6,8-10H,7H2,1-2H3,(H2,14,19). The van der Waals surface area contributed by atoms with Crippen molar-refractivity contribution in [3.05, 3.63) is 42.5 Å². The fraction of sp³-hybridized carbons (Fsp3) is 0.308. The number of aromatic nitrogens is 3. The van der Waals surface area contributed by atoms with Gasteiger partial charge >= 0.3 is 0 Å². The summed E-state index contributed by atoms with van der Waals surface area (Å²) in [6, 6.07) is 8.09. The molecule has 0 aliphatic carbocycles. The highest BCUT2D eigenvalue weighted by Gasteiger charge is 2.13. The molecule has 0 saturated carbocycles. The zero-order valence-electron chi connectivity index (χ0n) is 11.0. The normalized spacial score (nSPS) is 12.6. The number of likely N-dealkylation sites (N-methyl/N-ethyl adjacent to an activating group) is 1. The van der Waals surface area contributed by atoms with Gasteiger partial charge in [-0.1, -0.05) is 12.1 Å². The van der Waals surface area contributed by atoms with Crippen molar-refractivity contribution < 1.29 is 4.79 Å². The lowest BCUT2D eigenvalue weighted by Gasteiger charge is -2.23. The van der Waals surface area contributed by atoms with Crippen molar-refractivity contribution in [3.8, 4) is 5.69 Å². The fourth-order valence-electron chi connectivity index (χ4n) is 1.88. The van der Waals surface area contributed by atoms with Gasteiger partial charge in [0.1, 0.15) is 12.7 Å². The number of rotatable bonds is 5. The first-order chi connectivity index (χ1) is 9.08. The molecule has 0 radical (unpaired) electrons. The van der Waals surface area contributed by atoms with E-state index in [-0.39, 0.29) is 18.5 Å². The molecule has 1 heterocycles. The van der Waals surface area contributed by atoms with Gasteiger partial charge in [-0.15, -0.1) is 0 Å². The molecule has 6 nitrogen and oxygen atoms in total. The molecule has 0 spiro atoms. The van der Waals surface area contributed by atoms with Crippen LogP contribution in [0.5, 0.6) is 0 Å². The van der Waals surface area contributed by atoms with Gasteiger partial charge in [0, 0.05) is 6.04 Å². The molecule has 1 atom stereocenters. The van der Waals surface area contributed by atoms with Crippen LogP contribution in [-0.2, 0) is 4.79 Å². The second kappa shape index (κ2) is 5.62. The molecule has 0 saturated heterocycles. The molecule has 0 aliphatic heterocycles. The van der Waals surface area contributed by atoms with Crippen molar-refractivity contribution >= 4 is 5.91 Å². The highest BCUT2D eigenvalue weighted by Crippen LogP contribution is 2.19. The molecule has 2 rings (SSSR count). The van der Waals surface area contributed by atoms with Crippen molar-refractivity contribution in [1.82, 2.24) is 19.7 Å². The molecule has 2 aromatic rings. The van der Waals surface area contributed by atoms with Gasteiger partial charge in [0.15, 0.2) is 0 Å². The van der Waals surface area contributed by atoms with E-state index < -0.39 is 0 Å².